The quantitative estimate of drug-likeness (QED) is 0.716. The van der Waals surface area contributed by atoms with Crippen LogP contribution >= 0.6 is 0 Å². The number of carbonyl (C=O) groups is 1. The fourth-order valence-corrected chi connectivity index (χ4v) is 3.09. The highest BCUT2D eigenvalue weighted by Gasteiger charge is 2.19. The monoisotopic (exact) mass is 282 g/mol. The first kappa shape index (κ1) is 17.5. The highest BCUT2D eigenvalue weighted by atomic mass is 16.1. The lowest BCUT2D eigenvalue weighted by molar-refractivity contribution is -0.121. The molecule has 1 saturated carbocycles. The van der Waals surface area contributed by atoms with E-state index in [1.54, 1.807) is 0 Å². The zero-order chi connectivity index (χ0) is 15.0. The summed E-state index contributed by atoms with van der Waals surface area (Å²) in [5.74, 6) is 1.95. The molecular formula is C17H34N2O. The summed E-state index contributed by atoms with van der Waals surface area (Å²) < 4.78 is 0. The molecule has 0 saturated heterocycles. The fraction of sp³-hybridized carbons (Fsp3) is 0.941. The van der Waals surface area contributed by atoms with Crippen molar-refractivity contribution in [2.24, 2.45) is 23.0 Å². The van der Waals surface area contributed by atoms with Gasteiger partial charge in [0.2, 0.25) is 5.91 Å². The first-order valence-corrected chi connectivity index (χ1v) is 8.40. The van der Waals surface area contributed by atoms with Crippen LogP contribution in [-0.4, -0.2) is 19.0 Å². The molecule has 0 heterocycles. The van der Waals surface area contributed by atoms with Crippen LogP contribution in [0.15, 0.2) is 0 Å². The molecule has 3 nitrogen and oxygen atoms in total. The minimum Gasteiger partial charge on any atom is -0.356 e. The van der Waals surface area contributed by atoms with Crippen LogP contribution in [0.2, 0.25) is 0 Å². The van der Waals surface area contributed by atoms with E-state index in [1.165, 1.54) is 25.7 Å². The minimum atomic E-state index is 0.186. The predicted molar refractivity (Wildman–Crippen MR) is 85.4 cm³/mol. The zero-order valence-electron chi connectivity index (χ0n) is 13.7. The van der Waals surface area contributed by atoms with Crippen LogP contribution in [-0.2, 0) is 4.79 Å². The van der Waals surface area contributed by atoms with E-state index < -0.39 is 0 Å². The first-order chi connectivity index (χ1) is 9.43. The zero-order valence-corrected chi connectivity index (χ0v) is 13.7. The minimum absolute atomic E-state index is 0.186. The van der Waals surface area contributed by atoms with Gasteiger partial charge in [0.1, 0.15) is 0 Å². The Bertz CT molecular complexity index is 281. The van der Waals surface area contributed by atoms with Gasteiger partial charge in [-0.15, -0.1) is 0 Å². The SMILES string of the molecule is CC1CCC(CCNC(=O)CCC(C)(C)CCN)CC1. The van der Waals surface area contributed by atoms with E-state index in [1.807, 2.05) is 0 Å². The third kappa shape index (κ3) is 7.28. The number of nitrogens with two attached hydrogens (primary N) is 1. The number of rotatable bonds is 8. The van der Waals surface area contributed by atoms with E-state index in [0.29, 0.717) is 13.0 Å². The lowest BCUT2D eigenvalue weighted by Crippen LogP contribution is -2.28. The van der Waals surface area contributed by atoms with Gasteiger partial charge >= 0.3 is 0 Å². The maximum absolute atomic E-state index is 11.8. The van der Waals surface area contributed by atoms with Crippen molar-refractivity contribution in [3.8, 4) is 0 Å². The Hall–Kier alpha value is -0.570. The number of hydrogen-bond acceptors (Lipinski definition) is 2. The van der Waals surface area contributed by atoms with Crippen molar-refractivity contribution >= 4 is 5.91 Å². The van der Waals surface area contributed by atoms with Crippen molar-refractivity contribution in [3.63, 3.8) is 0 Å². The van der Waals surface area contributed by atoms with E-state index in [-0.39, 0.29) is 11.3 Å². The third-order valence-corrected chi connectivity index (χ3v) is 4.86. The summed E-state index contributed by atoms with van der Waals surface area (Å²) in [7, 11) is 0. The Morgan fingerprint density at radius 2 is 1.85 bits per heavy atom. The van der Waals surface area contributed by atoms with Crippen LogP contribution < -0.4 is 11.1 Å². The van der Waals surface area contributed by atoms with E-state index in [4.69, 9.17) is 5.73 Å². The lowest BCUT2D eigenvalue weighted by atomic mass is 9.81. The van der Waals surface area contributed by atoms with Crippen molar-refractivity contribution in [1.82, 2.24) is 5.32 Å². The average Bonchev–Trinajstić information content (AvgIpc) is 2.39. The van der Waals surface area contributed by atoms with Gasteiger partial charge in [0.05, 0.1) is 0 Å². The molecule has 0 aromatic heterocycles. The molecule has 1 amide bonds. The van der Waals surface area contributed by atoms with Gasteiger partial charge in [-0.2, -0.15) is 0 Å². The van der Waals surface area contributed by atoms with Gasteiger partial charge in [-0.05, 0) is 43.1 Å². The van der Waals surface area contributed by atoms with Crippen molar-refractivity contribution in [1.29, 1.82) is 0 Å². The molecule has 20 heavy (non-hydrogen) atoms. The standard InChI is InChI=1S/C17H34N2O/c1-14-4-6-15(7-5-14)9-13-19-16(20)8-10-17(2,3)11-12-18/h14-15H,4-13,18H2,1-3H3,(H,19,20). The molecule has 0 atom stereocenters. The highest BCUT2D eigenvalue weighted by molar-refractivity contribution is 5.75. The summed E-state index contributed by atoms with van der Waals surface area (Å²) >= 11 is 0. The van der Waals surface area contributed by atoms with Gasteiger partial charge in [-0.25, -0.2) is 0 Å². The third-order valence-electron chi connectivity index (χ3n) is 4.86. The van der Waals surface area contributed by atoms with Crippen LogP contribution in [0.1, 0.15) is 72.1 Å². The van der Waals surface area contributed by atoms with Crippen LogP contribution in [0.3, 0.4) is 0 Å². The molecule has 0 aromatic rings. The highest BCUT2D eigenvalue weighted by Crippen LogP contribution is 2.30. The largest absolute Gasteiger partial charge is 0.356 e. The molecule has 0 aliphatic heterocycles. The molecule has 118 valence electrons. The van der Waals surface area contributed by atoms with Crippen molar-refractivity contribution in [2.45, 2.75) is 72.1 Å². The molecule has 0 spiro atoms. The van der Waals surface area contributed by atoms with Crippen molar-refractivity contribution < 1.29 is 4.79 Å². The number of nitrogens with one attached hydrogen (secondary N) is 1. The molecule has 1 aliphatic rings. The second-order valence-electron chi connectivity index (χ2n) is 7.47. The Kier molecular flexibility index (Phi) is 7.57. The van der Waals surface area contributed by atoms with Gasteiger partial charge in [-0.1, -0.05) is 46.5 Å². The Balaban J connectivity index is 2.08. The smallest absolute Gasteiger partial charge is 0.220 e. The van der Waals surface area contributed by atoms with Crippen molar-refractivity contribution in [3.05, 3.63) is 0 Å². The Morgan fingerprint density at radius 1 is 1.20 bits per heavy atom. The molecule has 0 unspecified atom stereocenters. The van der Waals surface area contributed by atoms with Crippen LogP contribution in [0.25, 0.3) is 0 Å². The second kappa shape index (κ2) is 8.66. The Labute approximate surface area is 125 Å². The molecule has 0 radical (unpaired) electrons. The van der Waals surface area contributed by atoms with Crippen LogP contribution in [0.4, 0.5) is 0 Å². The molecule has 3 N–H and O–H groups in total. The number of hydrogen-bond donors (Lipinski definition) is 2. The summed E-state index contributed by atoms with van der Waals surface area (Å²) in [6.45, 7) is 8.29. The van der Waals surface area contributed by atoms with E-state index >= 15 is 0 Å². The van der Waals surface area contributed by atoms with Gasteiger partial charge in [-0.3, -0.25) is 4.79 Å². The van der Waals surface area contributed by atoms with E-state index in [0.717, 1.165) is 37.6 Å². The molecule has 0 aromatic carbocycles. The maximum Gasteiger partial charge on any atom is 0.220 e. The van der Waals surface area contributed by atoms with Gasteiger partial charge in [0, 0.05) is 13.0 Å². The van der Waals surface area contributed by atoms with Gasteiger partial charge in [0.25, 0.3) is 0 Å². The molecule has 0 bridgehead atoms. The first-order valence-electron chi connectivity index (χ1n) is 8.40. The summed E-state index contributed by atoms with van der Waals surface area (Å²) in [5.41, 5.74) is 5.78. The maximum atomic E-state index is 11.8. The molecule has 1 fully saturated rings. The number of amides is 1. The molecule has 3 heteroatoms. The summed E-state index contributed by atoms with van der Waals surface area (Å²) in [6, 6.07) is 0. The summed E-state index contributed by atoms with van der Waals surface area (Å²) in [6.07, 6.45) is 9.13. The fourth-order valence-electron chi connectivity index (χ4n) is 3.09. The molecular weight excluding hydrogens is 248 g/mol. The number of carbonyl (C=O) groups excluding carboxylic acids is 1. The summed E-state index contributed by atoms with van der Waals surface area (Å²) in [5, 5.41) is 3.09. The van der Waals surface area contributed by atoms with E-state index in [9.17, 15) is 4.79 Å². The average molecular weight is 282 g/mol. The van der Waals surface area contributed by atoms with Crippen molar-refractivity contribution in [2.75, 3.05) is 13.1 Å². The van der Waals surface area contributed by atoms with E-state index in [2.05, 4.69) is 26.1 Å². The second-order valence-corrected chi connectivity index (χ2v) is 7.47. The van der Waals surface area contributed by atoms with Crippen LogP contribution in [0, 0.1) is 17.3 Å². The van der Waals surface area contributed by atoms with Gasteiger partial charge in [0.15, 0.2) is 0 Å². The Morgan fingerprint density at radius 3 is 2.45 bits per heavy atom. The van der Waals surface area contributed by atoms with Crippen LogP contribution in [0.5, 0.6) is 0 Å². The molecule has 1 rings (SSSR count). The van der Waals surface area contributed by atoms with Gasteiger partial charge < -0.3 is 11.1 Å². The predicted octanol–water partition coefficient (Wildman–Crippen LogP) is 3.47. The molecule has 1 aliphatic carbocycles. The topological polar surface area (TPSA) is 55.1 Å². The summed E-state index contributed by atoms with van der Waals surface area (Å²) in [4.78, 5) is 11.8. The normalized spacial score (nSPS) is 23.6. The lowest BCUT2D eigenvalue weighted by Gasteiger charge is -2.26.